The number of aryl methyl sites for hydroxylation is 1. The molecule has 2 aromatic carbocycles. The first kappa shape index (κ1) is 26.9. The Kier molecular flexibility index (Phi) is 7.44. The molecule has 6 nitrogen and oxygen atoms in total. The van der Waals surface area contributed by atoms with Crippen molar-refractivity contribution in [3.63, 3.8) is 0 Å². The first-order chi connectivity index (χ1) is 19.5. The van der Waals surface area contributed by atoms with Crippen molar-refractivity contribution in [1.29, 1.82) is 0 Å². The zero-order valence-electron chi connectivity index (χ0n) is 23.2. The van der Waals surface area contributed by atoms with Crippen molar-refractivity contribution in [1.82, 2.24) is 4.72 Å². The number of carbonyl (C=O) groups is 1. The van der Waals surface area contributed by atoms with Gasteiger partial charge in [-0.2, -0.15) is 0 Å². The minimum Gasteiger partial charge on any atom is -0.490 e. The topological polar surface area (TPSA) is 60.0 Å². The Morgan fingerprint density at radius 2 is 2.08 bits per heavy atom. The van der Waals surface area contributed by atoms with Gasteiger partial charge in [0.2, 0.25) is 0 Å². The molecule has 5 aliphatic rings. The fraction of sp³-hybridized carbons (Fsp3) is 0.594. The average Bonchev–Trinajstić information content (AvgIpc) is 3.07. The number of halogens is 1. The number of nitrogens with one attached hydrogen (secondary N) is 1. The van der Waals surface area contributed by atoms with Crippen molar-refractivity contribution < 1.29 is 19.0 Å². The number of benzene rings is 2. The van der Waals surface area contributed by atoms with E-state index in [1.807, 2.05) is 24.3 Å². The molecule has 0 unspecified atom stereocenters. The van der Waals surface area contributed by atoms with E-state index < -0.39 is 0 Å². The lowest BCUT2D eigenvalue weighted by atomic mass is 9.67. The van der Waals surface area contributed by atoms with Crippen LogP contribution in [-0.2, 0) is 21.3 Å². The third-order valence-electron chi connectivity index (χ3n) is 9.88. The van der Waals surface area contributed by atoms with E-state index >= 15 is 0 Å². The minimum absolute atomic E-state index is 0.0690. The SMILES string of the molecule is C[C@@H]1CSNC(=O)c2ccc3c(c2)N(C[C@@H]2CC[C@H]2[C@H]2C[C@H](CCO2)O1)C[C@@]1(CCCc2cc(Cl)ccc21)CO3. The zero-order valence-corrected chi connectivity index (χ0v) is 24.8. The highest BCUT2D eigenvalue weighted by molar-refractivity contribution is 7.98. The number of ether oxygens (including phenoxy) is 3. The summed E-state index contributed by atoms with van der Waals surface area (Å²) in [5, 5.41) is 0.800. The summed E-state index contributed by atoms with van der Waals surface area (Å²) in [5.41, 5.74) is 4.29. The van der Waals surface area contributed by atoms with E-state index in [4.69, 9.17) is 25.8 Å². The van der Waals surface area contributed by atoms with E-state index in [-0.39, 0.29) is 29.6 Å². The highest BCUT2D eigenvalue weighted by atomic mass is 35.5. The van der Waals surface area contributed by atoms with Crippen molar-refractivity contribution in [2.24, 2.45) is 11.8 Å². The molecule has 0 radical (unpaired) electrons. The van der Waals surface area contributed by atoms with E-state index in [0.717, 1.165) is 68.3 Å². The van der Waals surface area contributed by atoms with Crippen LogP contribution in [0.2, 0.25) is 5.02 Å². The Hall–Kier alpha value is -1.93. The van der Waals surface area contributed by atoms with Gasteiger partial charge in [-0.25, -0.2) is 0 Å². The van der Waals surface area contributed by atoms with Crippen LogP contribution in [0.25, 0.3) is 0 Å². The summed E-state index contributed by atoms with van der Waals surface area (Å²) in [6.07, 6.45) is 8.11. The molecule has 40 heavy (non-hydrogen) atoms. The Bertz CT molecular complexity index is 1280. The number of nitrogens with zero attached hydrogens (tertiary/aromatic N) is 1. The van der Waals surface area contributed by atoms with Gasteiger partial charge in [0.25, 0.3) is 5.91 Å². The number of fused-ring (bicyclic) bond motifs is 7. The number of rotatable bonds is 0. The zero-order chi connectivity index (χ0) is 27.3. The van der Waals surface area contributed by atoms with Crippen molar-refractivity contribution in [2.75, 3.05) is 37.0 Å². The van der Waals surface area contributed by atoms with Gasteiger partial charge in [0.1, 0.15) is 5.75 Å². The molecular weight excluding hydrogens is 544 g/mol. The van der Waals surface area contributed by atoms with Gasteiger partial charge in [-0.1, -0.05) is 17.7 Å². The lowest BCUT2D eigenvalue weighted by Gasteiger charge is -2.48. The largest absolute Gasteiger partial charge is 0.490 e. The van der Waals surface area contributed by atoms with Gasteiger partial charge in [0, 0.05) is 47.9 Å². The monoisotopic (exact) mass is 582 g/mol. The van der Waals surface area contributed by atoms with Crippen LogP contribution in [-0.4, -0.2) is 56.3 Å². The average molecular weight is 583 g/mol. The molecule has 1 spiro atoms. The van der Waals surface area contributed by atoms with Crippen LogP contribution in [0, 0.1) is 11.8 Å². The van der Waals surface area contributed by atoms with Crippen molar-refractivity contribution in [3.8, 4) is 5.75 Å². The molecule has 2 fully saturated rings. The molecule has 1 saturated carbocycles. The van der Waals surface area contributed by atoms with E-state index in [9.17, 15) is 4.79 Å². The molecule has 3 aliphatic heterocycles. The summed E-state index contributed by atoms with van der Waals surface area (Å²) < 4.78 is 22.5. The molecule has 2 aliphatic carbocycles. The van der Waals surface area contributed by atoms with Crippen LogP contribution in [0.5, 0.6) is 5.75 Å². The fourth-order valence-corrected chi connectivity index (χ4v) is 8.56. The highest BCUT2D eigenvalue weighted by Crippen LogP contribution is 2.47. The molecule has 7 rings (SSSR count). The second-order valence-corrected chi connectivity index (χ2v) is 13.8. The molecule has 2 aromatic rings. The molecule has 4 bridgehead atoms. The summed E-state index contributed by atoms with van der Waals surface area (Å²) >= 11 is 7.85. The first-order valence-corrected chi connectivity index (χ1v) is 16.3. The number of hydrogen-bond acceptors (Lipinski definition) is 6. The molecule has 3 heterocycles. The normalized spacial score (nSPS) is 34.0. The maximum Gasteiger partial charge on any atom is 0.261 e. The lowest BCUT2D eigenvalue weighted by Crippen LogP contribution is -2.51. The van der Waals surface area contributed by atoms with Crippen LogP contribution in [0.4, 0.5) is 5.69 Å². The number of hydrogen-bond donors (Lipinski definition) is 1. The first-order valence-electron chi connectivity index (χ1n) is 15.0. The quantitative estimate of drug-likeness (QED) is 0.374. The maximum atomic E-state index is 13.2. The number of anilines is 1. The van der Waals surface area contributed by atoms with E-state index in [2.05, 4.69) is 28.7 Å². The van der Waals surface area contributed by atoms with Gasteiger partial charge >= 0.3 is 0 Å². The van der Waals surface area contributed by atoms with Crippen molar-refractivity contribution in [2.45, 2.75) is 75.6 Å². The van der Waals surface area contributed by atoms with E-state index in [1.54, 1.807) is 0 Å². The molecule has 1 N–H and O–H groups in total. The van der Waals surface area contributed by atoms with Gasteiger partial charge in [0.05, 0.1) is 30.6 Å². The standard InChI is InChI=1S/C32H39ClN2O4S/c1-20-17-40-34-31(36)22-5-9-29-28(14-22)35(16-23-4-7-26(23)30-15-25(39-20)10-12-37-30)18-32(19-38-29)11-2-3-21-13-24(33)6-8-27(21)32/h5-6,8-9,13-14,20,23,25-26,30H,2-4,7,10-12,15-19H2,1H3,(H,34,36)/t20-,23+,25+,26-,30-,32+/m1/s1. The number of carbonyl (C=O) groups excluding carboxylic acids is 1. The Labute approximate surface area is 246 Å². The van der Waals surface area contributed by atoms with Crippen molar-refractivity contribution in [3.05, 3.63) is 58.1 Å². The van der Waals surface area contributed by atoms with Crippen LogP contribution >= 0.6 is 23.5 Å². The molecule has 1 amide bonds. The van der Waals surface area contributed by atoms with Crippen molar-refractivity contribution >= 4 is 35.1 Å². The van der Waals surface area contributed by atoms with E-state index in [1.165, 1.54) is 35.9 Å². The van der Waals surface area contributed by atoms with Gasteiger partial charge in [-0.05, 0) is 111 Å². The Morgan fingerprint density at radius 3 is 2.95 bits per heavy atom. The predicted molar refractivity (Wildman–Crippen MR) is 160 cm³/mol. The Morgan fingerprint density at radius 1 is 1.15 bits per heavy atom. The number of amides is 1. The second kappa shape index (κ2) is 11.0. The lowest BCUT2D eigenvalue weighted by molar-refractivity contribution is -0.126. The van der Waals surface area contributed by atoms with Gasteiger partial charge < -0.3 is 19.1 Å². The highest BCUT2D eigenvalue weighted by Gasteiger charge is 2.45. The van der Waals surface area contributed by atoms with Crippen LogP contribution in [0.1, 0.15) is 66.9 Å². The van der Waals surface area contributed by atoms with Gasteiger partial charge in [-0.15, -0.1) is 0 Å². The third kappa shape index (κ3) is 5.12. The van der Waals surface area contributed by atoms with Gasteiger partial charge in [-0.3, -0.25) is 9.52 Å². The molecule has 8 heteroatoms. The molecule has 214 valence electrons. The Balaban J connectivity index is 1.26. The van der Waals surface area contributed by atoms with Crippen LogP contribution < -0.4 is 14.4 Å². The maximum absolute atomic E-state index is 13.2. The third-order valence-corrected chi connectivity index (χ3v) is 11.1. The smallest absolute Gasteiger partial charge is 0.261 e. The minimum atomic E-state index is -0.119. The summed E-state index contributed by atoms with van der Waals surface area (Å²) in [6, 6.07) is 12.3. The second-order valence-electron chi connectivity index (χ2n) is 12.5. The van der Waals surface area contributed by atoms with Crippen LogP contribution in [0.15, 0.2) is 36.4 Å². The molecule has 1 saturated heterocycles. The molecule has 0 aromatic heterocycles. The molecular formula is C32H39ClN2O4S. The van der Waals surface area contributed by atoms with Gasteiger partial charge in [0.15, 0.2) is 0 Å². The van der Waals surface area contributed by atoms with E-state index in [0.29, 0.717) is 29.8 Å². The summed E-state index contributed by atoms with van der Waals surface area (Å²) in [4.78, 5) is 15.8. The van der Waals surface area contributed by atoms with Crippen LogP contribution in [0.3, 0.4) is 0 Å². The summed E-state index contributed by atoms with van der Waals surface area (Å²) in [5.74, 6) is 2.59. The summed E-state index contributed by atoms with van der Waals surface area (Å²) in [6.45, 7) is 5.30. The summed E-state index contributed by atoms with van der Waals surface area (Å²) in [7, 11) is 0. The molecule has 6 atom stereocenters. The predicted octanol–water partition coefficient (Wildman–Crippen LogP) is 6.18. The fourth-order valence-electron chi connectivity index (χ4n) is 7.72.